The molecule has 0 unspecified atom stereocenters. The minimum atomic E-state index is -4.02. The van der Waals surface area contributed by atoms with E-state index in [0.29, 0.717) is 17.6 Å². The number of nitrogens with zero attached hydrogens (tertiary/aromatic N) is 1. The van der Waals surface area contributed by atoms with Crippen LogP contribution >= 0.6 is 15.9 Å². The van der Waals surface area contributed by atoms with E-state index < -0.39 is 10.0 Å². The zero-order valence-corrected chi connectivity index (χ0v) is 14.3. The maximum atomic E-state index is 12.3. The van der Waals surface area contributed by atoms with Gasteiger partial charge in [0, 0.05) is 26.3 Å². The summed E-state index contributed by atoms with van der Waals surface area (Å²) in [5.74, 6) is -0.283. The first-order valence-corrected chi connectivity index (χ1v) is 8.21. The van der Waals surface area contributed by atoms with Gasteiger partial charge in [0.05, 0.1) is 18.2 Å². The van der Waals surface area contributed by atoms with Crippen molar-refractivity contribution in [3.8, 4) is 5.75 Å². The van der Waals surface area contributed by atoms with Gasteiger partial charge in [-0.3, -0.25) is 4.79 Å². The number of primary sulfonamides is 1. The molecule has 2 N–H and O–H groups in total. The molecule has 21 heavy (non-hydrogen) atoms. The molecule has 1 amide bonds. The number of hydrogen-bond donors (Lipinski definition) is 1. The Hall–Kier alpha value is -1.16. The van der Waals surface area contributed by atoms with Crippen molar-refractivity contribution in [3.63, 3.8) is 0 Å². The topological polar surface area (TPSA) is 98.9 Å². The van der Waals surface area contributed by atoms with Crippen molar-refractivity contribution in [2.24, 2.45) is 5.14 Å². The van der Waals surface area contributed by atoms with Gasteiger partial charge in [-0.1, -0.05) is 0 Å². The zero-order chi connectivity index (χ0) is 16.2. The second kappa shape index (κ2) is 7.21. The number of carbonyl (C=O) groups is 1. The lowest BCUT2D eigenvalue weighted by atomic mass is 10.2. The molecule has 0 bridgehead atoms. The molecule has 0 aliphatic rings. The first-order valence-electron chi connectivity index (χ1n) is 5.87. The van der Waals surface area contributed by atoms with Crippen LogP contribution in [0.15, 0.2) is 21.5 Å². The summed E-state index contributed by atoms with van der Waals surface area (Å²) in [5.41, 5.74) is 0.185. The summed E-state index contributed by atoms with van der Waals surface area (Å²) in [6.07, 6.45) is 0. The predicted molar refractivity (Wildman–Crippen MR) is 80.9 cm³/mol. The molecule has 0 fully saturated rings. The van der Waals surface area contributed by atoms with E-state index in [1.165, 1.54) is 31.3 Å². The monoisotopic (exact) mass is 380 g/mol. The summed E-state index contributed by atoms with van der Waals surface area (Å²) < 4.78 is 33.5. The van der Waals surface area contributed by atoms with Gasteiger partial charge in [-0.25, -0.2) is 13.6 Å². The van der Waals surface area contributed by atoms with Crippen LogP contribution in [0.2, 0.25) is 0 Å². The number of carbonyl (C=O) groups excluding carboxylic acids is 1. The highest BCUT2D eigenvalue weighted by molar-refractivity contribution is 9.10. The molecule has 0 radical (unpaired) electrons. The lowest BCUT2D eigenvalue weighted by molar-refractivity contribution is 0.0744. The third-order valence-electron chi connectivity index (χ3n) is 2.74. The Morgan fingerprint density at radius 2 is 2.00 bits per heavy atom. The lowest BCUT2D eigenvalue weighted by Crippen LogP contribution is -2.30. The molecule has 0 aliphatic carbocycles. The average molecular weight is 381 g/mol. The number of halogens is 1. The van der Waals surface area contributed by atoms with Crippen molar-refractivity contribution < 1.29 is 22.7 Å². The minimum Gasteiger partial charge on any atom is -0.494 e. The molecule has 0 atom stereocenters. The van der Waals surface area contributed by atoms with Crippen LogP contribution in [-0.4, -0.2) is 53.6 Å². The Kier molecular flexibility index (Phi) is 6.14. The van der Waals surface area contributed by atoms with Gasteiger partial charge >= 0.3 is 0 Å². The van der Waals surface area contributed by atoms with Crippen molar-refractivity contribution in [1.82, 2.24) is 4.90 Å². The minimum absolute atomic E-state index is 0.0635. The molecule has 7 nitrogen and oxygen atoms in total. The Balaban J connectivity index is 3.27. The normalized spacial score (nSPS) is 11.3. The summed E-state index contributed by atoms with van der Waals surface area (Å²) in [5, 5.41) is 5.15. The first-order chi connectivity index (χ1) is 9.72. The van der Waals surface area contributed by atoms with Crippen LogP contribution in [-0.2, 0) is 14.8 Å². The van der Waals surface area contributed by atoms with Gasteiger partial charge in [0.15, 0.2) is 5.75 Å². The van der Waals surface area contributed by atoms with Crippen molar-refractivity contribution in [1.29, 1.82) is 0 Å². The van der Waals surface area contributed by atoms with E-state index in [1.807, 2.05) is 0 Å². The van der Waals surface area contributed by atoms with E-state index >= 15 is 0 Å². The van der Waals surface area contributed by atoms with Gasteiger partial charge in [-0.15, -0.1) is 0 Å². The highest BCUT2D eigenvalue weighted by Crippen LogP contribution is 2.33. The zero-order valence-electron chi connectivity index (χ0n) is 11.9. The molecular formula is C12H17BrN2O5S. The Morgan fingerprint density at radius 1 is 1.38 bits per heavy atom. The average Bonchev–Trinajstić information content (AvgIpc) is 2.41. The second-order valence-electron chi connectivity index (χ2n) is 4.25. The number of ether oxygens (including phenoxy) is 2. The molecule has 0 spiro atoms. The molecule has 0 saturated carbocycles. The molecule has 1 aromatic carbocycles. The number of nitrogens with two attached hydrogens (primary N) is 1. The van der Waals surface area contributed by atoms with Crippen LogP contribution in [0, 0.1) is 0 Å². The Morgan fingerprint density at radius 3 is 2.48 bits per heavy atom. The lowest BCUT2D eigenvalue weighted by Gasteiger charge is -2.18. The maximum absolute atomic E-state index is 12.3. The third-order valence-corrected chi connectivity index (χ3v) is 4.25. The fraction of sp³-hybridized carbons (Fsp3) is 0.417. The molecule has 118 valence electrons. The number of hydrogen-bond acceptors (Lipinski definition) is 5. The number of benzene rings is 1. The van der Waals surface area contributed by atoms with Gasteiger partial charge in [0.2, 0.25) is 10.0 Å². The van der Waals surface area contributed by atoms with Gasteiger partial charge in [-0.05, 0) is 28.1 Å². The largest absolute Gasteiger partial charge is 0.494 e. The molecule has 0 aromatic heterocycles. The molecule has 0 saturated heterocycles. The van der Waals surface area contributed by atoms with Crippen molar-refractivity contribution in [2.45, 2.75) is 4.90 Å². The van der Waals surface area contributed by atoms with E-state index in [2.05, 4.69) is 15.9 Å². The third kappa shape index (κ3) is 4.40. The highest BCUT2D eigenvalue weighted by atomic mass is 79.9. The number of amides is 1. The molecule has 0 aliphatic heterocycles. The van der Waals surface area contributed by atoms with Crippen molar-refractivity contribution in [3.05, 3.63) is 22.2 Å². The van der Waals surface area contributed by atoms with Gasteiger partial charge in [0.25, 0.3) is 5.91 Å². The van der Waals surface area contributed by atoms with Crippen LogP contribution in [0.25, 0.3) is 0 Å². The number of methoxy groups -OCH3 is 2. The number of sulfonamides is 1. The SMILES string of the molecule is COCCN(C)C(=O)c1cc(Br)c(OC)c(S(N)(=O)=O)c1. The molecule has 1 rings (SSSR count). The fourth-order valence-corrected chi connectivity index (χ4v) is 3.15. The second-order valence-corrected chi connectivity index (χ2v) is 6.64. The Labute approximate surface area is 132 Å². The standard InChI is InChI=1S/C12H17BrN2O5S/c1-15(4-5-19-2)12(16)8-6-9(13)11(20-3)10(7-8)21(14,17)18/h6-7H,4-5H2,1-3H3,(H2,14,17,18). The molecule has 1 aromatic rings. The number of likely N-dealkylation sites (N-methyl/N-ethyl adjacent to an activating group) is 1. The highest BCUT2D eigenvalue weighted by Gasteiger charge is 2.22. The smallest absolute Gasteiger partial charge is 0.253 e. The maximum Gasteiger partial charge on any atom is 0.253 e. The van der Waals surface area contributed by atoms with Gasteiger partial charge in [0.1, 0.15) is 4.90 Å². The van der Waals surface area contributed by atoms with E-state index in [1.54, 1.807) is 7.05 Å². The van der Waals surface area contributed by atoms with Crippen LogP contribution < -0.4 is 9.88 Å². The van der Waals surface area contributed by atoms with Gasteiger partial charge in [-0.2, -0.15) is 0 Å². The summed E-state index contributed by atoms with van der Waals surface area (Å²) in [6, 6.07) is 2.68. The molecular weight excluding hydrogens is 364 g/mol. The Bertz CT molecular complexity index is 633. The van der Waals surface area contributed by atoms with Crippen LogP contribution in [0.1, 0.15) is 10.4 Å². The first kappa shape index (κ1) is 17.9. The van der Waals surface area contributed by atoms with Crippen LogP contribution in [0.4, 0.5) is 0 Å². The summed E-state index contributed by atoms with van der Waals surface area (Å²) in [4.78, 5) is 13.4. The summed E-state index contributed by atoms with van der Waals surface area (Å²) in [6.45, 7) is 0.755. The molecule has 0 heterocycles. The van der Waals surface area contributed by atoms with Crippen molar-refractivity contribution >= 4 is 31.9 Å². The van der Waals surface area contributed by atoms with E-state index in [9.17, 15) is 13.2 Å². The van der Waals surface area contributed by atoms with Crippen LogP contribution in [0.5, 0.6) is 5.75 Å². The van der Waals surface area contributed by atoms with Crippen molar-refractivity contribution in [2.75, 3.05) is 34.4 Å². The molecule has 9 heteroatoms. The van der Waals surface area contributed by atoms with E-state index in [0.717, 1.165) is 0 Å². The van der Waals surface area contributed by atoms with Gasteiger partial charge < -0.3 is 14.4 Å². The quantitative estimate of drug-likeness (QED) is 0.787. The van der Waals surface area contributed by atoms with Crippen LogP contribution in [0.3, 0.4) is 0 Å². The van der Waals surface area contributed by atoms with E-state index in [-0.39, 0.29) is 22.1 Å². The number of rotatable bonds is 6. The fourth-order valence-electron chi connectivity index (χ4n) is 1.65. The summed E-state index contributed by atoms with van der Waals surface area (Å²) in [7, 11) is 0.426. The predicted octanol–water partition coefficient (Wildman–Crippen LogP) is 0.824. The van der Waals surface area contributed by atoms with E-state index in [4.69, 9.17) is 14.6 Å². The summed E-state index contributed by atoms with van der Waals surface area (Å²) >= 11 is 3.18.